The largest absolute Gasteiger partial charge is 0.493 e. The fourth-order valence-electron chi connectivity index (χ4n) is 3.46. The number of pyridine rings is 1. The van der Waals surface area contributed by atoms with Gasteiger partial charge in [0.05, 0.1) is 18.9 Å². The molecule has 31 heavy (non-hydrogen) atoms. The summed E-state index contributed by atoms with van der Waals surface area (Å²) < 4.78 is 11.7. The zero-order chi connectivity index (χ0) is 21.5. The molecule has 1 aliphatic rings. The minimum Gasteiger partial charge on any atom is -0.493 e. The van der Waals surface area contributed by atoms with Crippen molar-refractivity contribution >= 4 is 17.3 Å². The Bertz CT molecular complexity index is 1000. The molecule has 3 aromatic rings. The number of aliphatic imine (C=N–C) groups is 1. The Balaban J connectivity index is 1.63. The minimum absolute atomic E-state index is 0.254. The van der Waals surface area contributed by atoms with Crippen molar-refractivity contribution in [1.29, 1.82) is 0 Å². The first-order valence-corrected chi connectivity index (χ1v) is 10.6. The van der Waals surface area contributed by atoms with Crippen LogP contribution in [-0.2, 0) is 6.42 Å². The number of hydrogen-bond donors (Lipinski definition) is 1. The topological polar surface area (TPSA) is 73.0 Å². The predicted molar refractivity (Wildman–Crippen MR) is 124 cm³/mol. The highest BCUT2D eigenvalue weighted by molar-refractivity contribution is 5.96. The van der Waals surface area contributed by atoms with Crippen molar-refractivity contribution in [2.24, 2.45) is 10.7 Å². The highest BCUT2D eigenvalue weighted by Gasteiger charge is 2.22. The second-order valence-electron chi connectivity index (χ2n) is 7.57. The van der Waals surface area contributed by atoms with Crippen molar-refractivity contribution < 1.29 is 9.47 Å². The second kappa shape index (κ2) is 9.98. The summed E-state index contributed by atoms with van der Waals surface area (Å²) >= 11 is 0. The smallest absolute Gasteiger partial charge is 0.201 e. The van der Waals surface area contributed by atoms with Gasteiger partial charge in [-0.1, -0.05) is 18.2 Å². The number of hydrogen-bond acceptors (Lipinski definition) is 4. The number of para-hydroxylation sites is 1. The fourth-order valence-corrected chi connectivity index (χ4v) is 3.46. The molecule has 0 bridgehead atoms. The fraction of sp³-hybridized carbons (Fsp3) is 0.280. The molecule has 1 fully saturated rings. The third-order valence-electron chi connectivity index (χ3n) is 5.45. The lowest BCUT2D eigenvalue weighted by Gasteiger charge is -2.29. The average molecular weight is 417 g/mol. The molecule has 6 heteroatoms. The quantitative estimate of drug-likeness (QED) is 0.425. The van der Waals surface area contributed by atoms with Crippen molar-refractivity contribution in [3.8, 4) is 11.5 Å². The van der Waals surface area contributed by atoms with Crippen LogP contribution >= 0.6 is 0 Å². The highest BCUT2D eigenvalue weighted by Crippen LogP contribution is 2.35. The van der Waals surface area contributed by atoms with Gasteiger partial charge < -0.3 is 20.1 Å². The van der Waals surface area contributed by atoms with Gasteiger partial charge in [0.25, 0.3) is 0 Å². The summed E-state index contributed by atoms with van der Waals surface area (Å²) in [5.41, 5.74) is 9.42. The van der Waals surface area contributed by atoms with Crippen molar-refractivity contribution in [1.82, 2.24) is 4.98 Å². The van der Waals surface area contributed by atoms with E-state index in [1.54, 1.807) is 19.5 Å². The Morgan fingerprint density at radius 3 is 2.52 bits per heavy atom. The Labute approximate surface area is 183 Å². The summed E-state index contributed by atoms with van der Waals surface area (Å²) in [6.45, 7) is 0.668. The van der Waals surface area contributed by atoms with Crippen molar-refractivity contribution in [2.45, 2.75) is 31.8 Å². The zero-order valence-corrected chi connectivity index (χ0v) is 17.8. The van der Waals surface area contributed by atoms with Crippen LogP contribution in [0.15, 0.2) is 78.0 Å². The summed E-state index contributed by atoms with van der Waals surface area (Å²) in [7, 11) is 1.66. The lowest BCUT2D eigenvalue weighted by molar-refractivity contribution is 0.116. The van der Waals surface area contributed by atoms with Gasteiger partial charge >= 0.3 is 0 Å². The molecule has 1 aromatic heterocycles. The van der Waals surface area contributed by atoms with Gasteiger partial charge in [0.15, 0.2) is 11.5 Å². The zero-order valence-electron chi connectivity index (χ0n) is 17.8. The number of rotatable bonds is 8. The highest BCUT2D eigenvalue weighted by atomic mass is 16.5. The van der Waals surface area contributed by atoms with Crippen molar-refractivity contribution in [2.75, 3.05) is 18.6 Å². The van der Waals surface area contributed by atoms with Crippen molar-refractivity contribution in [3.05, 3.63) is 78.6 Å². The van der Waals surface area contributed by atoms with Gasteiger partial charge in [-0.2, -0.15) is 0 Å². The molecule has 2 N–H and O–H groups in total. The van der Waals surface area contributed by atoms with Crippen LogP contribution in [0.3, 0.4) is 0 Å². The molecule has 4 rings (SSSR count). The predicted octanol–water partition coefficient (Wildman–Crippen LogP) is 4.72. The summed E-state index contributed by atoms with van der Waals surface area (Å²) in [6.07, 6.45) is 8.04. The maximum absolute atomic E-state index is 6.50. The van der Waals surface area contributed by atoms with Gasteiger partial charge in [-0.05, 0) is 67.6 Å². The first-order valence-electron chi connectivity index (χ1n) is 10.6. The van der Waals surface area contributed by atoms with Crippen molar-refractivity contribution in [3.63, 3.8) is 0 Å². The van der Waals surface area contributed by atoms with Gasteiger partial charge in [0.1, 0.15) is 0 Å². The number of nitrogens with zero attached hydrogens (tertiary/aromatic N) is 3. The summed E-state index contributed by atoms with van der Waals surface area (Å²) in [6, 6.07) is 19.7. The Kier molecular flexibility index (Phi) is 6.67. The molecule has 0 atom stereocenters. The van der Waals surface area contributed by atoms with E-state index >= 15 is 0 Å². The molecule has 0 amide bonds. The Hall–Kier alpha value is -3.54. The molecule has 1 saturated carbocycles. The van der Waals surface area contributed by atoms with E-state index in [1.165, 1.54) is 12.0 Å². The van der Waals surface area contributed by atoms with Crippen LogP contribution in [0.1, 0.15) is 24.8 Å². The van der Waals surface area contributed by atoms with Crippen LogP contribution in [0.2, 0.25) is 0 Å². The van der Waals surface area contributed by atoms with Gasteiger partial charge in [-0.3, -0.25) is 4.98 Å². The molecule has 0 spiro atoms. The molecule has 0 saturated heterocycles. The third kappa shape index (κ3) is 5.34. The lowest BCUT2D eigenvalue weighted by Crippen LogP contribution is -2.38. The first kappa shape index (κ1) is 20.7. The maximum Gasteiger partial charge on any atom is 0.201 e. The number of aromatic nitrogens is 1. The molecule has 0 radical (unpaired) electrons. The monoisotopic (exact) mass is 416 g/mol. The Morgan fingerprint density at radius 2 is 1.84 bits per heavy atom. The van der Waals surface area contributed by atoms with E-state index < -0.39 is 0 Å². The number of anilines is 1. The number of guanidine groups is 1. The molecule has 160 valence electrons. The van der Waals surface area contributed by atoms with E-state index in [9.17, 15) is 0 Å². The van der Waals surface area contributed by atoms with Gasteiger partial charge in [0.2, 0.25) is 5.96 Å². The number of methoxy groups -OCH3 is 1. The maximum atomic E-state index is 6.50. The first-order chi connectivity index (χ1) is 15.2. The van der Waals surface area contributed by atoms with E-state index in [1.807, 2.05) is 65.6 Å². The van der Waals surface area contributed by atoms with Crippen LogP contribution in [0.25, 0.3) is 0 Å². The average Bonchev–Trinajstić information content (AvgIpc) is 2.78. The number of benzene rings is 2. The van der Waals surface area contributed by atoms with E-state index in [-0.39, 0.29) is 6.10 Å². The van der Waals surface area contributed by atoms with Crippen LogP contribution in [0.4, 0.5) is 11.4 Å². The summed E-state index contributed by atoms with van der Waals surface area (Å²) in [5.74, 6) is 1.90. The standard InChI is InChI=1S/C25H28N4O2/c1-30-23-11-10-21(18-24(23)31-22-8-5-9-22)29(17-14-19-12-15-27-16-13-19)25(26)28-20-6-3-2-4-7-20/h2-4,6-7,10-13,15-16,18,22H,5,8-9,14,17H2,1H3,(H2,26,28). The number of ether oxygens (including phenoxy) is 2. The molecular formula is C25H28N4O2. The SMILES string of the molecule is COc1ccc(N(CCc2ccncc2)/C(N)=N/c2ccccc2)cc1OC1CCC1. The number of nitrogens with two attached hydrogens (primary N) is 1. The van der Waals surface area contributed by atoms with Crippen LogP contribution in [0.5, 0.6) is 11.5 Å². The van der Waals surface area contributed by atoms with E-state index in [2.05, 4.69) is 9.98 Å². The second-order valence-corrected chi connectivity index (χ2v) is 7.57. The van der Waals surface area contributed by atoms with Crippen LogP contribution < -0.4 is 20.1 Å². The molecule has 6 nitrogen and oxygen atoms in total. The lowest BCUT2D eigenvalue weighted by atomic mass is 9.96. The van der Waals surface area contributed by atoms with E-state index in [4.69, 9.17) is 15.2 Å². The molecule has 1 aliphatic carbocycles. The molecule has 1 heterocycles. The van der Waals surface area contributed by atoms with Gasteiger partial charge in [0, 0.05) is 30.7 Å². The molecule has 0 unspecified atom stereocenters. The Morgan fingerprint density at radius 1 is 1.06 bits per heavy atom. The molecule has 0 aliphatic heterocycles. The summed E-state index contributed by atoms with van der Waals surface area (Å²) in [4.78, 5) is 10.8. The third-order valence-corrected chi connectivity index (χ3v) is 5.45. The molecule has 2 aromatic carbocycles. The summed E-state index contributed by atoms with van der Waals surface area (Å²) in [5, 5.41) is 0. The molecular weight excluding hydrogens is 388 g/mol. The van der Waals surface area contributed by atoms with E-state index in [0.717, 1.165) is 42.1 Å². The van der Waals surface area contributed by atoms with Gasteiger partial charge in [-0.15, -0.1) is 0 Å². The minimum atomic E-state index is 0.254. The van der Waals surface area contributed by atoms with E-state index in [0.29, 0.717) is 12.5 Å². The van der Waals surface area contributed by atoms with Crippen LogP contribution in [0, 0.1) is 0 Å². The van der Waals surface area contributed by atoms with Gasteiger partial charge in [-0.25, -0.2) is 4.99 Å². The van der Waals surface area contributed by atoms with Crippen LogP contribution in [-0.4, -0.2) is 30.7 Å². The normalized spacial score (nSPS) is 14.0.